The van der Waals surface area contributed by atoms with Crippen LogP contribution >= 0.6 is 0 Å². The molecule has 1 heterocycles. The number of nitrogen functional groups attached to an aromatic ring is 1. The van der Waals surface area contributed by atoms with E-state index in [-0.39, 0.29) is 0 Å². The highest BCUT2D eigenvalue weighted by Gasteiger charge is 2.06. The summed E-state index contributed by atoms with van der Waals surface area (Å²) in [5, 5.41) is 4.39. The average Bonchev–Trinajstić information content (AvgIpc) is 2.73. The van der Waals surface area contributed by atoms with Crippen molar-refractivity contribution in [1.82, 2.24) is 9.78 Å². The summed E-state index contributed by atoms with van der Waals surface area (Å²) in [5.74, 6) is 0. The van der Waals surface area contributed by atoms with Crippen LogP contribution in [0, 0.1) is 0 Å². The van der Waals surface area contributed by atoms with E-state index in [0.29, 0.717) is 0 Å². The molecule has 1 aromatic heterocycles. The first-order valence-electron chi connectivity index (χ1n) is 5.78. The van der Waals surface area contributed by atoms with Gasteiger partial charge in [-0.2, -0.15) is 5.10 Å². The summed E-state index contributed by atoms with van der Waals surface area (Å²) in [6.07, 6.45) is 1.96. The number of aromatic nitrogens is 2. The Morgan fingerprint density at radius 2 is 1.94 bits per heavy atom. The molecule has 4 nitrogen and oxygen atoms in total. The molecular formula is C13H18N4. The van der Waals surface area contributed by atoms with Crippen molar-refractivity contribution in [2.75, 3.05) is 17.2 Å². The number of aryl methyl sites for hydroxylation is 1. The molecule has 0 bridgehead atoms. The summed E-state index contributed by atoms with van der Waals surface area (Å²) in [6.45, 7) is 3.90. The molecule has 90 valence electrons. The third kappa shape index (κ3) is 2.78. The summed E-state index contributed by atoms with van der Waals surface area (Å²) in [5.41, 5.74) is 8.73. The van der Waals surface area contributed by atoms with Gasteiger partial charge in [0, 0.05) is 31.2 Å². The van der Waals surface area contributed by atoms with Crippen molar-refractivity contribution in [3.63, 3.8) is 0 Å². The minimum atomic E-state index is 0.794. The monoisotopic (exact) mass is 230 g/mol. The lowest BCUT2D eigenvalue weighted by Crippen LogP contribution is -2.22. The lowest BCUT2D eigenvalue weighted by Gasteiger charge is -2.22. The van der Waals surface area contributed by atoms with Crippen LogP contribution in [0.3, 0.4) is 0 Å². The first-order chi connectivity index (χ1) is 8.19. The summed E-state index contributed by atoms with van der Waals surface area (Å²) in [6, 6.07) is 9.98. The molecule has 0 spiro atoms. The van der Waals surface area contributed by atoms with E-state index in [0.717, 1.165) is 24.5 Å². The number of anilines is 2. The molecule has 17 heavy (non-hydrogen) atoms. The van der Waals surface area contributed by atoms with Gasteiger partial charge in [0.25, 0.3) is 0 Å². The molecule has 0 unspecified atom stereocenters. The second kappa shape index (κ2) is 4.91. The molecule has 0 saturated carbocycles. The van der Waals surface area contributed by atoms with Gasteiger partial charge in [-0.25, -0.2) is 0 Å². The van der Waals surface area contributed by atoms with Crippen LogP contribution in [0.15, 0.2) is 36.5 Å². The number of hydrogen-bond donors (Lipinski definition) is 1. The van der Waals surface area contributed by atoms with Gasteiger partial charge in [0.2, 0.25) is 0 Å². The topological polar surface area (TPSA) is 47.1 Å². The second-order valence-corrected chi connectivity index (χ2v) is 4.09. The molecule has 2 rings (SSSR count). The van der Waals surface area contributed by atoms with Crippen molar-refractivity contribution < 1.29 is 0 Å². The van der Waals surface area contributed by atoms with E-state index in [4.69, 9.17) is 5.73 Å². The Morgan fingerprint density at radius 1 is 1.24 bits per heavy atom. The zero-order chi connectivity index (χ0) is 12.3. The molecule has 2 N–H and O–H groups in total. The van der Waals surface area contributed by atoms with Gasteiger partial charge in [0.15, 0.2) is 0 Å². The number of nitrogens with two attached hydrogens (primary N) is 1. The summed E-state index contributed by atoms with van der Waals surface area (Å²) in [4.78, 5) is 2.27. The Balaban J connectivity index is 2.13. The number of nitrogens with zero attached hydrogens (tertiary/aromatic N) is 3. The maximum atomic E-state index is 5.69. The predicted octanol–water partition coefficient (Wildman–Crippen LogP) is 2.03. The normalized spacial score (nSPS) is 10.5. The van der Waals surface area contributed by atoms with Gasteiger partial charge in [-0.1, -0.05) is 0 Å². The molecule has 0 saturated heterocycles. The van der Waals surface area contributed by atoms with Crippen LogP contribution in [0.25, 0.3) is 0 Å². The van der Waals surface area contributed by atoms with Gasteiger partial charge in [-0.05, 0) is 37.3 Å². The molecule has 0 fully saturated rings. The SMILES string of the molecule is CCN(Cc1ccn(C)n1)c1ccc(N)cc1. The Bertz CT molecular complexity index is 472. The Kier molecular flexibility index (Phi) is 3.32. The van der Waals surface area contributed by atoms with Gasteiger partial charge >= 0.3 is 0 Å². The molecule has 2 aromatic rings. The van der Waals surface area contributed by atoms with E-state index in [1.165, 1.54) is 5.69 Å². The van der Waals surface area contributed by atoms with Crippen LogP contribution in [0.4, 0.5) is 11.4 Å². The second-order valence-electron chi connectivity index (χ2n) is 4.09. The van der Waals surface area contributed by atoms with Crippen LogP contribution in [0.2, 0.25) is 0 Å². The summed E-state index contributed by atoms with van der Waals surface area (Å²) in [7, 11) is 1.93. The fraction of sp³-hybridized carbons (Fsp3) is 0.308. The third-order valence-electron chi connectivity index (χ3n) is 2.76. The number of rotatable bonds is 4. The zero-order valence-electron chi connectivity index (χ0n) is 10.3. The first-order valence-corrected chi connectivity index (χ1v) is 5.78. The van der Waals surface area contributed by atoms with Crippen molar-refractivity contribution in [3.05, 3.63) is 42.2 Å². The van der Waals surface area contributed by atoms with Gasteiger partial charge in [-0.15, -0.1) is 0 Å². The quantitative estimate of drug-likeness (QED) is 0.817. The molecule has 0 radical (unpaired) electrons. The highest BCUT2D eigenvalue weighted by molar-refractivity contribution is 5.53. The van der Waals surface area contributed by atoms with Gasteiger partial charge < -0.3 is 10.6 Å². The Labute approximate surface area is 102 Å². The molecule has 0 aliphatic rings. The lowest BCUT2D eigenvalue weighted by molar-refractivity contribution is 0.723. The van der Waals surface area contributed by atoms with E-state index in [2.05, 4.69) is 16.9 Å². The molecule has 1 aromatic carbocycles. The molecule has 0 aliphatic heterocycles. The van der Waals surface area contributed by atoms with Gasteiger partial charge in [0.1, 0.15) is 0 Å². The van der Waals surface area contributed by atoms with E-state index >= 15 is 0 Å². The highest BCUT2D eigenvalue weighted by Crippen LogP contribution is 2.17. The Morgan fingerprint density at radius 3 is 2.47 bits per heavy atom. The summed E-state index contributed by atoms with van der Waals surface area (Å²) < 4.78 is 1.83. The molecule has 4 heteroatoms. The van der Waals surface area contributed by atoms with Crippen LogP contribution in [-0.4, -0.2) is 16.3 Å². The number of hydrogen-bond acceptors (Lipinski definition) is 3. The zero-order valence-corrected chi connectivity index (χ0v) is 10.3. The average molecular weight is 230 g/mol. The van der Waals surface area contributed by atoms with Crippen LogP contribution < -0.4 is 10.6 Å². The molecule has 0 amide bonds. The standard InChI is InChI=1S/C13H18N4/c1-3-17(10-12-8-9-16(2)15-12)13-6-4-11(14)5-7-13/h4-9H,3,10,14H2,1-2H3. The fourth-order valence-electron chi connectivity index (χ4n) is 1.81. The van der Waals surface area contributed by atoms with E-state index in [1.807, 2.05) is 48.3 Å². The third-order valence-corrected chi connectivity index (χ3v) is 2.76. The fourth-order valence-corrected chi connectivity index (χ4v) is 1.81. The van der Waals surface area contributed by atoms with E-state index < -0.39 is 0 Å². The lowest BCUT2D eigenvalue weighted by atomic mass is 10.2. The molecular weight excluding hydrogens is 212 g/mol. The van der Waals surface area contributed by atoms with E-state index in [9.17, 15) is 0 Å². The van der Waals surface area contributed by atoms with Gasteiger partial charge in [-0.3, -0.25) is 4.68 Å². The first kappa shape index (κ1) is 11.5. The minimum Gasteiger partial charge on any atom is -0.399 e. The van der Waals surface area contributed by atoms with Crippen molar-refractivity contribution in [3.8, 4) is 0 Å². The van der Waals surface area contributed by atoms with Crippen LogP contribution in [0.1, 0.15) is 12.6 Å². The maximum Gasteiger partial charge on any atom is 0.0817 e. The van der Waals surface area contributed by atoms with Crippen molar-refractivity contribution in [2.45, 2.75) is 13.5 Å². The highest BCUT2D eigenvalue weighted by atomic mass is 15.3. The Hall–Kier alpha value is -1.97. The maximum absolute atomic E-state index is 5.69. The largest absolute Gasteiger partial charge is 0.399 e. The molecule has 0 atom stereocenters. The predicted molar refractivity (Wildman–Crippen MR) is 70.8 cm³/mol. The van der Waals surface area contributed by atoms with Crippen molar-refractivity contribution in [1.29, 1.82) is 0 Å². The number of benzene rings is 1. The minimum absolute atomic E-state index is 0.794. The van der Waals surface area contributed by atoms with Crippen molar-refractivity contribution in [2.24, 2.45) is 7.05 Å². The van der Waals surface area contributed by atoms with E-state index in [1.54, 1.807) is 0 Å². The van der Waals surface area contributed by atoms with Crippen LogP contribution in [-0.2, 0) is 13.6 Å². The smallest absolute Gasteiger partial charge is 0.0817 e. The van der Waals surface area contributed by atoms with Gasteiger partial charge in [0.05, 0.1) is 12.2 Å². The summed E-state index contributed by atoms with van der Waals surface area (Å²) >= 11 is 0. The molecule has 0 aliphatic carbocycles. The van der Waals surface area contributed by atoms with Crippen LogP contribution in [0.5, 0.6) is 0 Å². The van der Waals surface area contributed by atoms with Crippen molar-refractivity contribution >= 4 is 11.4 Å².